The molecule has 0 radical (unpaired) electrons. The van der Waals surface area contributed by atoms with Crippen molar-refractivity contribution in [3.05, 3.63) is 92.3 Å². The van der Waals surface area contributed by atoms with Crippen LogP contribution in [0.2, 0.25) is 0 Å². The zero-order valence-corrected chi connectivity index (χ0v) is 27.3. The number of carbonyl (C=O) groups excluding carboxylic acids is 1. The zero-order chi connectivity index (χ0) is 33.0. The van der Waals surface area contributed by atoms with Crippen LogP contribution in [0, 0.1) is 5.82 Å². The monoisotopic (exact) mass is 664 g/mol. The molecule has 1 aromatic heterocycles. The van der Waals surface area contributed by atoms with Gasteiger partial charge >= 0.3 is 4.87 Å². The third-order valence-electron chi connectivity index (χ3n) is 9.20. The second-order valence-corrected chi connectivity index (χ2v) is 13.4. The number of phenolic OH excluding ortho intramolecular Hbond substituents is 1. The maximum Gasteiger partial charge on any atom is 0.305 e. The van der Waals surface area contributed by atoms with Crippen molar-refractivity contribution in [2.24, 2.45) is 0 Å². The highest BCUT2D eigenvalue weighted by Crippen LogP contribution is 2.33. The second kappa shape index (κ2) is 14.5. The Morgan fingerprint density at radius 1 is 1.15 bits per heavy atom. The minimum atomic E-state index is -0.874. The van der Waals surface area contributed by atoms with Crippen LogP contribution in [-0.4, -0.2) is 89.5 Å². The van der Waals surface area contributed by atoms with Gasteiger partial charge in [-0.05, 0) is 61.2 Å². The first kappa shape index (κ1) is 33.1. The number of thiazole rings is 1. The fourth-order valence-corrected chi connectivity index (χ4v) is 7.62. The van der Waals surface area contributed by atoms with Gasteiger partial charge in [0.2, 0.25) is 5.91 Å². The summed E-state index contributed by atoms with van der Waals surface area (Å²) >= 11 is 0.952. The van der Waals surface area contributed by atoms with E-state index >= 15 is 0 Å². The number of methoxy groups -OCH3 is 1. The molecular formula is C35H41FN4O6S. The predicted octanol–water partition coefficient (Wildman–Crippen LogP) is 3.74. The van der Waals surface area contributed by atoms with Crippen LogP contribution >= 0.6 is 11.3 Å². The van der Waals surface area contributed by atoms with E-state index in [2.05, 4.69) is 15.2 Å². The summed E-state index contributed by atoms with van der Waals surface area (Å²) in [5, 5.41) is 24.0. The molecule has 1 spiro atoms. The first-order valence-electron chi connectivity index (χ1n) is 16.0. The fraction of sp³-hybridized carbons (Fsp3) is 0.429. The Hall–Kier alpha value is -3.81. The van der Waals surface area contributed by atoms with E-state index < -0.39 is 6.10 Å². The molecule has 0 unspecified atom stereocenters. The maximum absolute atomic E-state index is 14.6. The number of aliphatic hydroxyl groups excluding tert-OH is 1. The van der Waals surface area contributed by atoms with Crippen LogP contribution in [0.3, 0.4) is 0 Å². The number of nitrogens with one attached hydrogen (secondary N) is 2. The molecule has 2 saturated heterocycles. The Bertz CT molecular complexity index is 1770. The molecule has 1 atom stereocenters. The van der Waals surface area contributed by atoms with E-state index in [9.17, 15) is 24.2 Å². The number of benzene rings is 3. The number of morpholine rings is 1. The summed E-state index contributed by atoms with van der Waals surface area (Å²) in [7, 11) is 1.62. The zero-order valence-electron chi connectivity index (χ0n) is 26.5. The van der Waals surface area contributed by atoms with Crippen LogP contribution in [0.4, 0.5) is 4.39 Å². The molecule has 4 aromatic rings. The van der Waals surface area contributed by atoms with E-state index in [0.717, 1.165) is 59.7 Å². The molecule has 12 heteroatoms. The van der Waals surface area contributed by atoms with Crippen LogP contribution in [0.15, 0.2) is 59.4 Å². The largest absolute Gasteiger partial charge is 0.506 e. The highest BCUT2D eigenvalue weighted by molar-refractivity contribution is 7.16. The number of aromatic hydroxyl groups is 1. The number of fused-ring (bicyclic) bond motifs is 1. The first-order chi connectivity index (χ1) is 22.7. The summed E-state index contributed by atoms with van der Waals surface area (Å²) in [6.45, 7) is 4.65. The summed E-state index contributed by atoms with van der Waals surface area (Å²) in [5.74, 6) is 0.486. The Labute approximate surface area is 276 Å². The molecule has 2 aliphatic rings. The van der Waals surface area contributed by atoms with Gasteiger partial charge in [0.1, 0.15) is 22.8 Å². The van der Waals surface area contributed by atoms with E-state index in [1.807, 2.05) is 35.2 Å². The topological polar surface area (TPSA) is 127 Å². The van der Waals surface area contributed by atoms with Crippen LogP contribution in [0.25, 0.3) is 10.2 Å². The van der Waals surface area contributed by atoms with E-state index in [4.69, 9.17) is 9.47 Å². The van der Waals surface area contributed by atoms with Crippen molar-refractivity contribution in [3.63, 3.8) is 0 Å². The number of aromatic amines is 1. The molecule has 1 amide bonds. The number of likely N-dealkylation sites (tertiary alicyclic amines) is 1. The molecule has 47 heavy (non-hydrogen) atoms. The van der Waals surface area contributed by atoms with Crippen LogP contribution in [0.1, 0.15) is 41.2 Å². The lowest BCUT2D eigenvalue weighted by Gasteiger charge is -2.47. The first-order valence-corrected chi connectivity index (χ1v) is 16.8. The Balaban J connectivity index is 0.982. The van der Waals surface area contributed by atoms with Crippen molar-refractivity contribution in [1.82, 2.24) is 20.1 Å². The fourth-order valence-electron chi connectivity index (χ4n) is 6.70. The Morgan fingerprint density at radius 3 is 2.74 bits per heavy atom. The average molecular weight is 665 g/mol. The number of ether oxygens (including phenoxy) is 2. The summed E-state index contributed by atoms with van der Waals surface area (Å²) in [6, 6.07) is 15.8. The van der Waals surface area contributed by atoms with Gasteiger partial charge in [-0.2, -0.15) is 0 Å². The van der Waals surface area contributed by atoms with Gasteiger partial charge in [-0.1, -0.05) is 41.7 Å². The molecule has 10 nitrogen and oxygen atoms in total. The molecule has 6 rings (SSSR count). The molecule has 2 aliphatic heterocycles. The van der Waals surface area contributed by atoms with Crippen LogP contribution in [-0.2, 0) is 28.9 Å². The lowest BCUT2D eigenvalue weighted by Crippen LogP contribution is -2.58. The molecule has 0 aliphatic carbocycles. The van der Waals surface area contributed by atoms with Crippen molar-refractivity contribution >= 4 is 27.5 Å². The number of phenols is 1. The van der Waals surface area contributed by atoms with Gasteiger partial charge in [0.05, 0.1) is 36.5 Å². The third kappa shape index (κ3) is 7.85. The van der Waals surface area contributed by atoms with E-state index in [0.29, 0.717) is 61.4 Å². The number of aliphatic hydroxyl groups is 1. The number of piperidine rings is 1. The summed E-state index contributed by atoms with van der Waals surface area (Å²) in [4.78, 5) is 31.5. The number of carbonyl (C=O) groups is 1. The van der Waals surface area contributed by atoms with Gasteiger partial charge < -0.3 is 34.9 Å². The van der Waals surface area contributed by atoms with Crippen molar-refractivity contribution < 1.29 is 28.9 Å². The van der Waals surface area contributed by atoms with Gasteiger partial charge in [0.25, 0.3) is 0 Å². The molecule has 2 fully saturated rings. The van der Waals surface area contributed by atoms with E-state index in [1.165, 1.54) is 6.07 Å². The van der Waals surface area contributed by atoms with E-state index in [-0.39, 0.29) is 34.5 Å². The van der Waals surface area contributed by atoms with Crippen molar-refractivity contribution in [3.8, 4) is 11.5 Å². The van der Waals surface area contributed by atoms with Gasteiger partial charge in [0, 0.05) is 50.4 Å². The van der Waals surface area contributed by atoms with Gasteiger partial charge in [-0.3, -0.25) is 14.5 Å². The third-order valence-corrected chi connectivity index (χ3v) is 10.1. The number of hydrogen-bond donors (Lipinski definition) is 4. The molecule has 0 saturated carbocycles. The van der Waals surface area contributed by atoms with Gasteiger partial charge in [0.15, 0.2) is 0 Å². The minimum Gasteiger partial charge on any atom is -0.506 e. The number of nitrogens with zero attached hydrogens (tertiary/aromatic N) is 2. The number of rotatable bonds is 11. The summed E-state index contributed by atoms with van der Waals surface area (Å²) in [5.41, 5.74) is 3.19. The second-order valence-electron chi connectivity index (χ2n) is 12.4. The maximum atomic E-state index is 14.6. The number of para-hydroxylation sites is 1. The quantitative estimate of drug-likeness (QED) is 0.179. The van der Waals surface area contributed by atoms with E-state index in [1.54, 1.807) is 25.3 Å². The molecule has 3 aromatic carbocycles. The number of halogens is 1. The average Bonchev–Trinajstić information content (AvgIpc) is 3.46. The lowest BCUT2D eigenvalue weighted by atomic mass is 9.89. The number of H-pyrrole nitrogens is 1. The smallest absolute Gasteiger partial charge is 0.305 e. The number of hydrogen-bond acceptors (Lipinski definition) is 9. The highest BCUT2D eigenvalue weighted by atomic mass is 32.1. The number of amides is 1. The van der Waals surface area contributed by atoms with Gasteiger partial charge in [-0.15, -0.1) is 0 Å². The Morgan fingerprint density at radius 2 is 1.94 bits per heavy atom. The lowest BCUT2D eigenvalue weighted by molar-refractivity contribution is -0.159. The number of aromatic nitrogens is 1. The standard InChI is InChI=1S/C35H41FN4O6S/c1-45-30-5-3-2-4-25(30)19-31(43)40-14-15-46-35(22-40)9-12-39(13-10-35)21-24-16-23(17-26(36)18-24)8-11-37-20-29(42)27-6-7-28(41)32-33(27)47-34(44)38-32/h2-7,16-18,29,37,41-42H,8-15,19-22H2,1H3,(H,38,44)/t29-/m0/s1. The minimum absolute atomic E-state index is 0.0325. The normalized spacial score (nSPS) is 17.3. The molecule has 3 heterocycles. The van der Waals surface area contributed by atoms with Crippen LogP contribution < -0.4 is 14.9 Å². The summed E-state index contributed by atoms with van der Waals surface area (Å²) in [6.07, 6.45) is 1.60. The SMILES string of the molecule is COc1ccccc1CC(=O)N1CCOC2(CCN(Cc3cc(F)cc(CCNC[C@H](O)c4ccc(O)c5[nH]c(=O)sc45)c3)CC2)C1. The molecular weight excluding hydrogens is 623 g/mol. The summed E-state index contributed by atoms with van der Waals surface area (Å²) < 4.78 is 26.9. The molecule has 4 N–H and O–H groups in total. The Kier molecular flexibility index (Phi) is 10.2. The van der Waals surface area contributed by atoms with Crippen molar-refractivity contribution in [2.75, 3.05) is 53.0 Å². The molecule has 250 valence electrons. The van der Waals surface area contributed by atoms with Crippen molar-refractivity contribution in [1.29, 1.82) is 0 Å². The van der Waals surface area contributed by atoms with Crippen LogP contribution in [0.5, 0.6) is 11.5 Å². The molecule has 0 bridgehead atoms. The highest BCUT2D eigenvalue weighted by Gasteiger charge is 2.41. The predicted molar refractivity (Wildman–Crippen MR) is 179 cm³/mol. The van der Waals surface area contributed by atoms with Gasteiger partial charge in [-0.25, -0.2) is 4.39 Å². The van der Waals surface area contributed by atoms with Crippen molar-refractivity contribution in [2.45, 2.75) is 43.9 Å².